The third-order valence-corrected chi connectivity index (χ3v) is 4.52. The maximum Gasteiger partial charge on any atom is 0.256 e. The molecule has 2 aromatic rings. The molecule has 1 atom stereocenters. The Kier molecular flexibility index (Phi) is 4.63. The van der Waals surface area contributed by atoms with Gasteiger partial charge in [-0.1, -0.05) is 42.5 Å². The summed E-state index contributed by atoms with van der Waals surface area (Å²) >= 11 is 0. The van der Waals surface area contributed by atoms with Gasteiger partial charge >= 0.3 is 0 Å². The molecule has 0 bridgehead atoms. The molecular formula is C19H21NO3. The molecule has 0 spiro atoms. The third-order valence-electron chi connectivity index (χ3n) is 4.52. The number of nitrogens with zero attached hydrogens (tertiary/aromatic N) is 1. The van der Waals surface area contributed by atoms with Crippen LogP contribution in [-0.2, 0) is 4.79 Å². The lowest BCUT2D eigenvalue weighted by molar-refractivity contribution is -0.141. The normalized spacial score (nSPS) is 17.0. The largest absolute Gasteiger partial charge is 0.508 e. The highest BCUT2D eigenvalue weighted by atomic mass is 16.3. The van der Waals surface area contributed by atoms with E-state index in [-0.39, 0.29) is 11.7 Å². The van der Waals surface area contributed by atoms with Crippen LogP contribution in [-0.4, -0.2) is 34.1 Å². The van der Waals surface area contributed by atoms with Gasteiger partial charge in [0.15, 0.2) is 6.10 Å². The van der Waals surface area contributed by atoms with E-state index in [4.69, 9.17) is 0 Å². The van der Waals surface area contributed by atoms with Crippen LogP contribution in [0.4, 0.5) is 0 Å². The fourth-order valence-corrected chi connectivity index (χ4v) is 3.13. The number of carbonyl (C=O) groups is 1. The van der Waals surface area contributed by atoms with E-state index in [0.717, 1.165) is 12.8 Å². The number of piperidine rings is 1. The summed E-state index contributed by atoms with van der Waals surface area (Å²) in [5.74, 6) is 0.446. The number of aliphatic hydroxyl groups excluding tert-OH is 1. The number of likely N-dealkylation sites (tertiary alicyclic amines) is 1. The van der Waals surface area contributed by atoms with Crippen LogP contribution in [0.2, 0.25) is 0 Å². The van der Waals surface area contributed by atoms with E-state index in [0.29, 0.717) is 24.6 Å². The van der Waals surface area contributed by atoms with Gasteiger partial charge in [0.05, 0.1) is 0 Å². The monoisotopic (exact) mass is 311 g/mol. The molecular weight excluding hydrogens is 290 g/mol. The van der Waals surface area contributed by atoms with Crippen LogP contribution in [0.15, 0.2) is 54.6 Å². The molecule has 1 aliphatic rings. The molecule has 1 amide bonds. The van der Waals surface area contributed by atoms with Gasteiger partial charge in [-0.25, -0.2) is 0 Å². The minimum absolute atomic E-state index is 0.222. The second kappa shape index (κ2) is 6.84. The topological polar surface area (TPSA) is 60.8 Å². The zero-order valence-corrected chi connectivity index (χ0v) is 12.9. The molecule has 0 aliphatic carbocycles. The van der Waals surface area contributed by atoms with Crippen molar-refractivity contribution in [3.8, 4) is 5.75 Å². The zero-order valence-electron chi connectivity index (χ0n) is 12.9. The Bertz CT molecular complexity index is 646. The molecule has 120 valence electrons. The molecule has 0 radical (unpaired) electrons. The van der Waals surface area contributed by atoms with Crippen LogP contribution in [0.3, 0.4) is 0 Å². The van der Waals surface area contributed by atoms with Crippen LogP contribution in [0.5, 0.6) is 5.75 Å². The summed E-state index contributed by atoms with van der Waals surface area (Å²) in [5.41, 5.74) is 1.83. The quantitative estimate of drug-likeness (QED) is 0.916. The molecule has 1 aliphatic heterocycles. The van der Waals surface area contributed by atoms with E-state index in [1.54, 1.807) is 29.2 Å². The summed E-state index contributed by atoms with van der Waals surface area (Å²) in [6.07, 6.45) is 0.664. The van der Waals surface area contributed by atoms with Crippen molar-refractivity contribution in [3.63, 3.8) is 0 Å². The van der Waals surface area contributed by atoms with Gasteiger partial charge < -0.3 is 15.1 Å². The molecule has 3 rings (SSSR count). The summed E-state index contributed by atoms with van der Waals surface area (Å²) in [6, 6.07) is 16.3. The summed E-state index contributed by atoms with van der Waals surface area (Å²) in [5, 5.41) is 19.6. The number of benzene rings is 2. The van der Waals surface area contributed by atoms with Crippen molar-refractivity contribution < 1.29 is 15.0 Å². The lowest BCUT2D eigenvalue weighted by Gasteiger charge is -2.33. The highest BCUT2D eigenvalue weighted by molar-refractivity contribution is 5.82. The van der Waals surface area contributed by atoms with Crippen LogP contribution in [0.25, 0.3) is 0 Å². The first-order chi connectivity index (χ1) is 11.1. The highest BCUT2D eigenvalue weighted by Gasteiger charge is 2.28. The zero-order chi connectivity index (χ0) is 16.2. The van der Waals surface area contributed by atoms with Crippen LogP contribution < -0.4 is 0 Å². The average molecular weight is 311 g/mol. The number of aliphatic hydroxyl groups is 1. The van der Waals surface area contributed by atoms with Gasteiger partial charge in [0.1, 0.15) is 5.75 Å². The van der Waals surface area contributed by atoms with Gasteiger partial charge in [0.2, 0.25) is 0 Å². The molecule has 1 heterocycles. The van der Waals surface area contributed by atoms with Gasteiger partial charge in [-0.2, -0.15) is 0 Å². The molecule has 1 saturated heterocycles. The Labute approximate surface area is 136 Å². The SMILES string of the molecule is O=C([C@@H](O)c1ccccc1)N1CCC(c2ccc(O)cc2)CC1. The lowest BCUT2D eigenvalue weighted by atomic mass is 9.89. The molecule has 0 aromatic heterocycles. The first-order valence-corrected chi connectivity index (χ1v) is 7.96. The number of aromatic hydroxyl groups is 1. The maximum atomic E-state index is 12.4. The second-order valence-electron chi connectivity index (χ2n) is 6.00. The summed E-state index contributed by atoms with van der Waals surface area (Å²) in [4.78, 5) is 14.2. The summed E-state index contributed by atoms with van der Waals surface area (Å²) < 4.78 is 0. The van der Waals surface area contributed by atoms with Gasteiger partial charge in [-0.3, -0.25) is 4.79 Å². The van der Waals surface area contributed by atoms with E-state index in [1.807, 2.05) is 30.3 Å². The van der Waals surface area contributed by atoms with E-state index in [1.165, 1.54) is 5.56 Å². The minimum Gasteiger partial charge on any atom is -0.508 e. The molecule has 0 unspecified atom stereocenters. The van der Waals surface area contributed by atoms with Gasteiger partial charge in [-0.05, 0) is 42.0 Å². The molecule has 2 aromatic carbocycles. The van der Waals surface area contributed by atoms with Crippen molar-refractivity contribution in [3.05, 3.63) is 65.7 Å². The number of amides is 1. The van der Waals surface area contributed by atoms with E-state index >= 15 is 0 Å². The van der Waals surface area contributed by atoms with Gasteiger partial charge in [-0.15, -0.1) is 0 Å². The lowest BCUT2D eigenvalue weighted by Crippen LogP contribution is -2.40. The molecule has 1 fully saturated rings. The third kappa shape index (κ3) is 3.54. The van der Waals surface area contributed by atoms with E-state index in [9.17, 15) is 15.0 Å². The van der Waals surface area contributed by atoms with Crippen molar-refractivity contribution in [2.45, 2.75) is 24.9 Å². The first kappa shape index (κ1) is 15.6. The van der Waals surface area contributed by atoms with Gasteiger partial charge in [0.25, 0.3) is 5.91 Å². The minimum atomic E-state index is -1.08. The summed E-state index contributed by atoms with van der Waals surface area (Å²) in [7, 11) is 0. The number of carbonyl (C=O) groups excluding carboxylic acids is 1. The van der Waals surface area contributed by atoms with Crippen molar-refractivity contribution in [1.29, 1.82) is 0 Å². The van der Waals surface area contributed by atoms with E-state index in [2.05, 4.69) is 0 Å². The van der Waals surface area contributed by atoms with Crippen LogP contribution in [0.1, 0.15) is 36.0 Å². The van der Waals surface area contributed by atoms with Crippen molar-refractivity contribution >= 4 is 5.91 Å². The fraction of sp³-hybridized carbons (Fsp3) is 0.316. The standard InChI is InChI=1S/C19H21NO3/c21-17-8-6-14(7-9-17)15-10-12-20(13-11-15)19(23)18(22)16-4-2-1-3-5-16/h1-9,15,18,21-22H,10-13H2/t18-/m0/s1. The maximum absolute atomic E-state index is 12.4. The summed E-state index contributed by atoms with van der Waals surface area (Å²) in [6.45, 7) is 1.29. The molecule has 0 saturated carbocycles. The van der Waals surface area contributed by atoms with Crippen molar-refractivity contribution in [2.75, 3.05) is 13.1 Å². The number of hydrogen-bond acceptors (Lipinski definition) is 3. The molecule has 23 heavy (non-hydrogen) atoms. The predicted molar refractivity (Wildman–Crippen MR) is 88.1 cm³/mol. The number of hydrogen-bond donors (Lipinski definition) is 2. The Balaban J connectivity index is 1.60. The first-order valence-electron chi connectivity index (χ1n) is 7.96. The van der Waals surface area contributed by atoms with Crippen LogP contribution in [0, 0.1) is 0 Å². The van der Waals surface area contributed by atoms with Crippen molar-refractivity contribution in [2.24, 2.45) is 0 Å². The predicted octanol–water partition coefficient (Wildman–Crippen LogP) is 2.83. The van der Waals surface area contributed by atoms with Gasteiger partial charge in [0, 0.05) is 13.1 Å². The molecule has 2 N–H and O–H groups in total. The second-order valence-corrected chi connectivity index (χ2v) is 6.00. The Morgan fingerprint density at radius 1 is 1.00 bits per heavy atom. The van der Waals surface area contributed by atoms with Crippen LogP contribution >= 0.6 is 0 Å². The van der Waals surface area contributed by atoms with Crippen molar-refractivity contribution in [1.82, 2.24) is 4.90 Å². The van der Waals surface area contributed by atoms with E-state index < -0.39 is 6.10 Å². The Hall–Kier alpha value is -2.33. The molecule has 4 heteroatoms. The highest BCUT2D eigenvalue weighted by Crippen LogP contribution is 2.30. The molecule has 4 nitrogen and oxygen atoms in total. The Morgan fingerprint density at radius 3 is 2.22 bits per heavy atom. The number of rotatable bonds is 3. The smallest absolute Gasteiger partial charge is 0.256 e. The fourth-order valence-electron chi connectivity index (χ4n) is 3.13. The Morgan fingerprint density at radius 2 is 1.61 bits per heavy atom. The number of phenolic OH excluding ortho intramolecular Hbond substituents is 1. The average Bonchev–Trinajstić information content (AvgIpc) is 2.62. The number of phenols is 1.